The number of aryl methyl sites for hydroxylation is 1. The summed E-state index contributed by atoms with van der Waals surface area (Å²) in [7, 11) is 0. The Bertz CT molecular complexity index is 674. The molecule has 23 heavy (non-hydrogen) atoms. The zero-order valence-electron chi connectivity index (χ0n) is 13.0. The molecule has 0 aliphatic carbocycles. The number of anilines is 2. The summed E-state index contributed by atoms with van der Waals surface area (Å²) in [6, 6.07) is 8.20. The third-order valence-electron chi connectivity index (χ3n) is 3.77. The minimum atomic E-state index is -0.0544. The monoisotopic (exact) mass is 348 g/mol. The molecule has 122 valence electrons. The maximum atomic E-state index is 12.0. The summed E-state index contributed by atoms with van der Waals surface area (Å²) in [5, 5.41) is 15.4. The SMILES string of the molecule is CCc1ccccc1Nc1nnc(S[C@@H]2CCCCNC2=O)s1. The Morgan fingerprint density at radius 3 is 3.09 bits per heavy atom. The van der Waals surface area contributed by atoms with Crippen LogP contribution in [0.15, 0.2) is 28.6 Å². The van der Waals surface area contributed by atoms with Crippen LogP contribution in [0.5, 0.6) is 0 Å². The highest BCUT2D eigenvalue weighted by Gasteiger charge is 2.23. The number of amides is 1. The first kappa shape index (κ1) is 16.3. The number of rotatable bonds is 5. The van der Waals surface area contributed by atoms with Crippen LogP contribution >= 0.6 is 23.1 Å². The van der Waals surface area contributed by atoms with Crippen molar-refractivity contribution in [2.75, 3.05) is 11.9 Å². The molecule has 5 nitrogen and oxygen atoms in total. The van der Waals surface area contributed by atoms with Crippen molar-refractivity contribution < 1.29 is 4.79 Å². The van der Waals surface area contributed by atoms with E-state index in [1.165, 1.54) is 28.7 Å². The van der Waals surface area contributed by atoms with Crippen LogP contribution < -0.4 is 10.6 Å². The van der Waals surface area contributed by atoms with E-state index in [2.05, 4.69) is 33.8 Å². The fourth-order valence-corrected chi connectivity index (χ4v) is 4.59. The number of para-hydroxylation sites is 1. The summed E-state index contributed by atoms with van der Waals surface area (Å²) >= 11 is 3.02. The molecule has 1 amide bonds. The second kappa shape index (κ2) is 7.79. The largest absolute Gasteiger partial charge is 0.355 e. The Labute approximate surface area is 144 Å². The third-order valence-corrected chi connectivity index (χ3v) is 5.96. The van der Waals surface area contributed by atoms with Crippen LogP contribution in [0, 0.1) is 0 Å². The van der Waals surface area contributed by atoms with Crippen molar-refractivity contribution in [1.82, 2.24) is 15.5 Å². The second-order valence-corrected chi connectivity index (χ2v) is 7.83. The van der Waals surface area contributed by atoms with Crippen molar-refractivity contribution in [2.24, 2.45) is 0 Å². The summed E-state index contributed by atoms with van der Waals surface area (Å²) in [5.41, 5.74) is 2.31. The van der Waals surface area contributed by atoms with Gasteiger partial charge in [-0.3, -0.25) is 4.79 Å². The number of nitrogens with zero attached hydrogens (tertiary/aromatic N) is 2. The molecule has 0 saturated carbocycles. The van der Waals surface area contributed by atoms with Gasteiger partial charge < -0.3 is 10.6 Å². The lowest BCUT2D eigenvalue weighted by atomic mass is 10.1. The number of aromatic nitrogens is 2. The Hall–Kier alpha value is -1.60. The van der Waals surface area contributed by atoms with E-state index < -0.39 is 0 Å². The average molecular weight is 348 g/mol. The van der Waals surface area contributed by atoms with Crippen LogP contribution in [0.25, 0.3) is 0 Å². The Morgan fingerprint density at radius 1 is 1.35 bits per heavy atom. The molecule has 0 bridgehead atoms. The first-order chi connectivity index (χ1) is 11.3. The number of hydrogen-bond acceptors (Lipinski definition) is 6. The van der Waals surface area contributed by atoms with Gasteiger partial charge in [0.15, 0.2) is 4.34 Å². The number of carbonyl (C=O) groups is 1. The maximum Gasteiger partial charge on any atom is 0.233 e. The highest BCUT2D eigenvalue weighted by Crippen LogP contribution is 2.33. The molecule has 0 unspecified atom stereocenters. The van der Waals surface area contributed by atoms with Gasteiger partial charge in [-0.1, -0.05) is 54.6 Å². The standard InChI is InChI=1S/C16H20N4OS2/c1-2-11-7-3-4-8-12(11)18-15-19-20-16(23-15)22-13-9-5-6-10-17-14(13)21/h3-4,7-8,13H,2,5-6,9-10H2,1H3,(H,17,21)(H,18,19)/t13-/m1/s1. The molecule has 2 aromatic rings. The summed E-state index contributed by atoms with van der Waals surface area (Å²) in [5.74, 6) is 0.119. The van der Waals surface area contributed by atoms with Crippen molar-refractivity contribution in [3.63, 3.8) is 0 Å². The third kappa shape index (κ3) is 4.23. The van der Waals surface area contributed by atoms with Gasteiger partial charge in [0, 0.05) is 12.2 Å². The van der Waals surface area contributed by atoms with Crippen molar-refractivity contribution in [1.29, 1.82) is 0 Å². The molecule has 2 heterocycles. The quantitative estimate of drug-likeness (QED) is 0.864. The van der Waals surface area contributed by atoms with Crippen LogP contribution in [-0.2, 0) is 11.2 Å². The van der Waals surface area contributed by atoms with E-state index >= 15 is 0 Å². The van der Waals surface area contributed by atoms with E-state index in [0.29, 0.717) is 0 Å². The van der Waals surface area contributed by atoms with E-state index in [4.69, 9.17) is 0 Å². The topological polar surface area (TPSA) is 66.9 Å². The molecule has 1 aliphatic heterocycles. The summed E-state index contributed by atoms with van der Waals surface area (Å²) in [4.78, 5) is 12.0. The summed E-state index contributed by atoms with van der Waals surface area (Å²) in [6.45, 7) is 2.92. The lowest BCUT2D eigenvalue weighted by Gasteiger charge is -2.09. The molecule has 1 saturated heterocycles. The fraction of sp³-hybridized carbons (Fsp3) is 0.438. The Balaban J connectivity index is 1.67. The smallest absolute Gasteiger partial charge is 0.233 e. The van der Waals surface area contributed by atoms with E-state index in [-0.39, 0.29) is 11.2 Å². The van der Waals surface area contributed by atoms with Gasteiger partial charge >= 0.3 is 0 Å². The number of thioether (sulfide) groups is 1. The first-order valence-corrected chi connectivity index (χ1v) is 9.58. The molecule has 1 aliphatic rings. The number of benzene rings is 1. The van der Waals surface area contributed by atoms with E-state index in [9.17, 15) is 4.79 Å². The molecule has 3 rings (SSSR count). The highest BCUT2D eigenvalue weighted by atomic mass is 32.2. The average Bonchev–Trinajstić information content (AvgIpc) is 2.90. The molecule has 1 aromatic heterocycles. The highest BCUT2D eigenvalue weighted by molar-refractivity contribution is 8.02. The van der Waals surface area contributed by atoms with Gasteiger partial charge in [-0.2, -0.15) is 0 Å². The van der Waals surface area contributed by atoms with Gasteiger partial charge in [0.1, 0.15) is 0 Å². The molecule has 7 heteroatoms. The zero-order chi connectivity index (χ0) is 16.1. The van der Waals surface area contributed by atoms with Crippen molar-refractivity contribution in [3.8, 4) is 0 Å². The lowest BCUT2D eigenvalue weighted by molar-refractivity contribution is -0.120. The zero-order valence-corrected chi connectivity index (χ0v) is 14.7. The predicted molar refractivity (Wildman–Crippen MR) is 95.5 cm³/mol. The predicted octanol–water partition coefficient (Wildman–Crippen LogP) is 3.60. The van der Waals surface area contributed by atoms with Crippen LogP contribution in [0.2, 0.25) is 0 Å². The van der Waals surface area contributed by atoms with E-state index in [1.807, 2.05) is 18.2 Å². The van der Waals surface area contributed by atoms with Crippen LogP contribution in [0.4, 0.5) is 10.8 Å². The molecule has 2 N–H and O–H groups in total. The fourth-order valence-electron chi connectivity index (χ4n) is 2.52. The molecule has 0 radical (unpaired) electrons. The van der Waals surface area contributed by atoms with Crippen molar-refractivity contribution in [3.05, 3.63) is 29.8 Å². The minimum Gasteiger partial charge on any atom is -0.355 e. The molecule has 1 aromatic carbocycles. The van der Waals surface area contributed by atoms with Gasteiger partial charge in [-0.15, -0.1) is 10.2 Å². The summed E-state index contributed by atoms with van der Waals surface area (Å²) in [6.07, 6.45) is 3.99. The van der Waals surface area contributed by atoms with Crippen LogP contribution in [0.1, 0.15) is 31.7 Å². The second-order valence-electron chi connectivity index (χ2n) is 5.40. The van der Waals surface area contributed by atoms with E-state index in [1.54, 1.807) is 0 Å². The minimum absolute atomic E-state index is 0.0544. The van der Waals surface area contributed by atoms with E-state index in [0.717, 1.165) is 47.4 Å². The Morgan fingerprint density at radius 2 is 2.22 bits per heavy atom. The molecule has 1 fully saturated rings. The van der Waals surface area contributed by atoms with Gasteiger partial charge in [0.05, 0.1) is 5.25 Å². The van der Waals surface area contributed by atoms with Crippen LogP contribution in [-0.4, -0.2) is 27.9 Å². The molecular formula is C16H20N4OS2. The molecular weight excluding hydrogens is 328 g/mol. The van der Waals surface area contributed by atoms with Crippen LogP contribution in [0.3, 0.4) is 0 Å². The first-order valence-electron chi connectivity index (χ1n) is 7.89. The number of carbonyl (C=O) groups excluding carboxylic acids is 1. The van der Waals surface area contributed by atoms with Crippen molar-refractivity contribution >= 4 is 39.8 Å². The van der Waals surface area contributed by atoms with Gasteiger partial charge in [-0.25, -0.2) is 0 Å². The Kier molecular flexibility index (Phi) is 5.51. The van der Waals surface area contributed by atoms with Gasteiger partial charge in [0.25, 0.3) is 0 Å². The van der Waals surface area contributed by atoms with Crippen molar-refractivity contribution in [2.45, 2.75) is 42.2 Å². The molecule has 1 atom stereocenters. The maximum absolute atomic E-state index is 12.0. The normalized spacial score (nSPS) is 18.3. The summed E-state index contributed by atoms with van der Waals surface area (Å²) < 4.78 is 0.837. The lowest BCUT2D eigenvalue weighted by Crippen LogP contribution is -2.30. The number of nitrogens with one attached hydrogen (secondary N) is 2. The molecule has 0 spiro atoms. The van der Waals surface area contributed by atoms with Gasteiger partial charge in [-0.05, 0) is 30.9 Å². The number of hydrogen-bond donors (Lipinski definition) is 2. The van der Waals surface area contributed by atoms with Gasteiger partial charge in [0.2, 0.25) is 11.0 Å².